The van der Waals surface area contributed by atoms with Crippen LogP contribution in [0, 0.1) is 17.0 Å². The van der Waals surface area contributed by atoms with Crippen LogP contribution in [-0.4, -0.2) is 14.9 Å². The molecule has 0 saturated heterocycles. The van der Waals surface area contributed by atoms with Crippen molar-refractivity contribution in [2.24, 2.45) is 0 Å². The molecule has 0 aliphatic heterocycles. The second-order valence-electron chi connectivity index (χ2n) is 3.68. The Morgan fingerprint density at radius 1 is 1.42 bits per heavy atom. The van der Waals surface area contributed by atoms with Gasteiger partial charge in [0.25, 0.3) is 0 Å². The minimum absolute atomic E-state index is 0.220. The zero-order valence-electron chi connectivity index (χ0n) is 9.83. The minimum atomic E-state index is -0.690. The van der Waals surface area contributed by atoms with Crippen molar-refractivity contribution in [3.05, 3.63) is 45.2 Å². The molecule has 1 aromatic heterocycles. The molecule has 0 bridgehead atoms. The summed E-state index contributed by atoms with van der Waals surface area (Å²) in [4.78, 5) is 17.5. The summed E-state index contributed by atoms with van der Waals surface area (Å²) in [5, 5.41) is 11.4. The van der Waals surface area contributed by atoms with Gasteiger partial charge in [-0.2, -0.15) is 4.98 Å². The van der Waals surface area contributed by atoms with Crippen LogP contribution in [0.25, 0.3) is 0 Å². The highest BCUT2D eigenvalue weighted by atomic mass is 35.5. The van der Waals surface area contributed by atoms with Crippen molar-refractivity contribution in [3.8, 4) is 11.6 Å². The van der Waals surface area contributed by atoms with Gasteiger partial charge in [-0.25, -0.2) is 4.98 Å². The van der Waals surface area contributed by atoms with Crippen molar-refractivity contribution >= 4 is 23.1 Å². The Hall–Kier alpha value is -2.41. The number of nitro groups is 1. The molecule has 1 heterocycles. The molecule has 0 fully saturated rings. The van der Waals surface area contributed by atoms with Crippen molar-refractivity contribution in [3.63, 3.8) is 0 Å². The Morgan fingerprint density at radius 3 is 2.84 bits per heavy atom. The maximum Gasteiger partial charge on any atom is 0.372 e. The van der Waals surface area contributed by atoms with E-state index in [-0.39, 0.29) is 11.7 Å². The number of halogens is 1. The fourth-order valence-electron chi connectivity index (χ4n) is 1.41. The Kier molecular flexibility index (Phi) is 3.48. The van der Waals surface area contributed by atoms with Crippen LogP contribution in [0.3, 0.4) is 0 Å². The average Bonchev–Trinajstić information content (AvgIpc) is 2.33. The Morgan fingerprint density at radius 2 is 2.16 bits per heavy atom. The molecule has 0 unspecified atom stereocenters. The van der Waals surface area contributed by atoms with Crippen LogP contribution in [0.15, 0.2) is 24.5 Å². The van der Waals surface area contributed by atoms with Crippen molar-refractivity contribution < 1.29 is 9.66 Å². The second kappa shape index (κ2) is 5.07. The van der Waals surface area contributed by atoms with Gasteiger partial charge in [0.15, 0.2) is 0 Å². The topological polar surface area (TPSA) is 104 Å². The average molecular weight is 281 g/mol. The number of nitrogens with two attached hydrogens (primary N) is 1. The lowest BCUT2D eigenvalue weighted by Crippen LogP contribution is -2.03. The molecule has 0 radical (unpaired) electrons. The largest absolute Gasteiger partial charge is 0.433 e. The van der Waals surface area contributed by atoms with Gasteiger partial charge >= 0.3 is 11.6 Å². The summed E-state index contributed by atoms with van der Waals surface area (Å²) in [6.45, 7) is 1.78. The Labute approximate surface area is 113 Å². The minimum Gasteiger partial charge on any atom is -0.433 e. The third kappa shape index (κ3) is 2.71. The zero-order valence-corrected chi connectivity index (χ0v) is 10.6. The smallest absolute Gasteiger partial charge is 0.372 e. The lowest BCUT2D eigenvalue weighted by Gasteiger charge is -2.08. The van der Waals surface area contributed by atoms with Gasteiger partial charge in [0.2, 0.25) is 5.82 Å². The van der Waals surface area contributed by atoms with E-state index in [4.69, 9.17) is 22.1 Å². The molecule has 0 aliphatic carbocycles. The monoisotopic (exact) mass is 280 g/mol. The van der Waals surface area contributed by atoms with E-state index in [1.54, 1.807) is 25.1 Å². The zero-order chi connectivity index (χ0) is 14.0. The number of hydrogen-bond donors (Lipinski definition) is 1. The summed E-state index contributed by atoms with van der Waals surface area (Å²) in [5.41, 5.74) is 5.73. The second-order valence-corrected chi connectivity index (χ2v) is 4.12. The highest BCUT2D eigenvalue weighted by molar-refractivity contribution is 6.30. The fraction of sp³-hybridized carbons (Fsp3) is 0.0909. The highest BCUT2D eigenvalue weighted by Crippen LogP contribution is 2.34. The number of anilines is 1. The maximum absolute atomic E-state index is 10.9. The number of nitrogen functional groups attached to an aromatic ring is 1. The summed E-state index contributed by atoms with van der Waals surface area (Å²) in [5.74, 6) is -0.105. The molecule has 2 aromatic rings. The number of aromatic nitrogens is 2. The van der Waals surface area contributed by atoms with Gasteiger partial charge in [0.05, 0.1) is 4.92 Å². The van der Waals surface area contributed by atoms with Crippen molar-refractivity contribution in [1.82, 2.24) is 9.97 Å². The summed E-state index contributed by atoms with van der Waals surface area (Å²) in [6, 6.07) is 4.96. The number of aryl methyl sites for hydroxylation is 1. The molecule has 0 atom stereocenters. The van der Waals surface area contributed by atoms with E-state index in [9.17, 15) is 10.1 Å². The van der Waals surface area contributed by atoms with E-state index < -0.39 is 10.6 Å². The summed E-state index contributed by atoms with van der Waals surface area (Å²) in [6.07, 6.45) is 1.09. The molecule has 2 rings (SSSR count). The van der Waals surface area contributed by atoms with Crippen LogP contribution in [0.4, 0.5) is 11.5 Å². The lowest BCUT2D eigenvalue weighted by molar-refractivity contribution is -0.385. The van der Waals surface area contributed by atoms with Crippen LogP contribution in [-0.2, 0) is 0 Å². The molecular formula is C11H9ClN4O3. The first-order valence-corrected chi connectivity index (χ1v) is 5.55. The van der Waals surface area contributed by atoms with E-state index in [0.717, 1.165) is 11.9 Å². The quantitative estimate of drug-likeness (QED) is 0.684. The van der Waals surface area contributed by atoms with E-state index in [1.165, 1.54) is 0 Å². The Balaban J connectivity index is 2.46. The normalized spacial score (nSPS) is 10.2. The van der Waals surface area contributed by atoms with Crippen molar-refractivity contribution in [2.45, 2.75) is 6.92 Å². The molecule has 1 aromatic carbocycles. The fourth-order valence-corrected chi connectivity index (χ4v) is 1.57. The van der Waals surface area contributed by atoms with Crippen molar-refractivity contribution in [2.75, 3.05) is 5.73 Å². The first-order valence-electron chi connectivity index (χ1n) is 5.18. The predicted molar refractivity (Wildman–Crippen MR) is 69.4 cm³/mol. The SMILES string of the molecule is Cc1ccc(Cl)cc1Oc1ncnc(N)c1[N+](=O)[O-]. The molecule has 0 saturated carbocycles. The summed E-state index contributed by atoms with van der Waals surface area (Å²) >= 11 is 5.85. The number of hydrogen-bond acceptors (Lipinski definition) is 6. The molecular weight excluding hydrogens is 272 g/mol. The lowest BCUT2D eigenvalue weighted by atomic mass is 10.2. The van der Waals surface area contributed by atoms with Gasteiger partial charge in [-0.1, -0.05) is 17.7 Å². The van der Waals surface area contributed by atoms with Gasteiger partial charge < -0.3 is 10.5 Å². The van der Waals surface area contributed by atoms with E-state index in [2.05, 4.69) is 9.97 Å². The Bertz CT molecular complexity index is 648. The molecule has 0 amide bonds. The van der Waals surface area contributed by atoms with Gasteiger partial charge in [-0.05, 0) is 24.6 Å². The molecule has 98 valence electrons. The first-order chi connectivity index (χ1) is 8.99. The van der Waals surface area contributed by atoms with Crippen LogP contribution >= 0.6 is 11.6 Å². The van der Waals surface area contributed by atoms with Gasteiger partial charge in [0.1, 0.15) is 12.1 Å². The number of benzene rings is 1. The highest BCUT2D eigenvalue weighted by Gasteiger charge is 2.23. The van der Waals surface area contributed by atoms with E-state index in [0.29, 0.717) is 10.8 Å². The van der Waals surface area contributed by atoms with Crippen molar-refractivity contribution in [1.29, 1.82) is 0 Å². The third-order valence-electron chi connectivity index (χ3n) is 2.36. The van der Waals surface area contributed by atoms with Crippen LogP contribution in [0.5, 0.6) is 11.6 Å². The molecule has 0 aliphatic rings. The molecule has 19 heavy (non-hydrogen) atoms. The van der Waals surface area contributed by atoms with Crippen LogP contribution in [0.1, 0.15) is 5.56 Å². The van der Waals surface area contributed by atoms with E-state index >= 15 is 0 Å². The maximum atomic E-state index is 10.9. The standard InChI is InChI=1S/C11H9ClN4O3/c1-6-2-3-7(12)4-8(6)19-11-9(16(17)18)10(13)14-5-15-11/h2-5H,1H3,(H2,13,14,15). The third-order valence-corrected chi connectivity index (χ3v) is 2.59. The molecule has 7 nitrogen and oxygen atoms in total. The first kappa shape index (κ1) is 13.0. The van der Waals surface area contributed by atoms with E-state index in [1.807, 2.05) is 0 Å². The number of rotatable bonds is 3. The van der Waals surface area contributed by atoms with Gasteiger partial charge in [-0.15, -0.1) is 0 Å². The number of ether oxygens (including phenoxy) is 1. The van der Waals surface area contributed by atoms with Crippen LogP contribution in [0.2, 0.25) is 5.02 Å². The predicted octanol–water partition coefficient (Wildman–Crippen LogP) is 2.72. The summed E-state index contributed by atoms with van der Waals surface area (Å²) < 4.78 is 5.41. The van der Waals surface area contributed by atoms with Gasteiger partial charge in [-0.3, -0.25) is 10.1 Å². The molecule has 0 spiro atoms. The number of nitrogens with zero attached hydrogens (tertiary/aromatic N) is 3. The molecule has 2 N–H and O–H groups in total. The molecule has 8 heteroatoms. The van der Waals surface area contributed by atoms with Gasteiger partial charge in [0, 0.05) is 5.02 Å². The summed E-state index contributed by atoms with van der Waals surface area (Å²) in [7, 11) is 0. The van der Waals surface area contributed by atoms with Crippen LogP contribution < -0.4 is 10.5 Å².